The molecule has 1 atom stereocenters. The number of H-pyrrole nitrogens is 1. The van der Waals surface area contributed by atoms with Crippen molar-refractivity contribution >= 4 is 11.7 Å². The van der Waals surface area contributed by atoms with E-state index in [9.17, 15) is 4.79 Å². The summed E-state index contributed by atoms with van der Waals surface area (Å²) in [6, 6.07) is 15.1. The van der Waals surface area contributed by atoms with Crippen LogP contribution in [-0.2, 0) is 0 Å². The average molecular weight is 422 g/mol. The minimum atomic E-state index is -0.160. The summed E-state index contributed by atoms with van der Waals surface area (Å²) in [5.74, 6) is 2.65. The highest BCUT2D eigenvalue weighted by atomic mass is 16.5. The van der Waals surface area contributed by atoms with Crippen LogP contribution < -0.4 is 24.4 Å². The van der Waals surface area contributed by atoms with Crippen LogP contribution in [0.15, 0.2) is 48.5 Å². The van der Waals surface area contributed by atoms with Gasteiger partial charge >= 0.3 is 0 Å². The van der Waals surface area contributed by atoms with Crippen LogP contribution in [0.25, 0.3) is 11.3 Å². The summed E-state index contributed by atoms with van der Waals surface area (Å²) in [6.07, 6.45) is 0.842. The predicted molar refractivity (Wildman–Crippen MR) is 118 cm³/mol. The van der Waals surface area contributed by atoms with Gasteiger partial charge < -0.3 is 24.4 Å². The molecule has 1 aliphatic heterocycles. The fraction of sp³-hybridized carbons (Fsp3) is 0.304. The van der Waals surface area contributed by atoms with Gasteiger partial charge in [0.2, 0.25) is 0 Å². The van der Waals surface area contributed by atoms with E-state index < -0.39 is 0 Å². The number of carbonyl (C=O) groups excluding carboxylic acids is 1. The molecular formula is C23H26N4O4. The summed E-state index contributed by atoms with van der Waals surface area (Å²) in [5, 5.41) is 10.7. The van der Waals surface area contributed by atoms with E-state index in [0.29, 0.717) is 23.6 Å². The maximum absolute atomic E-state index is 12.8. The lowest BCUT2D eigenvalue weighted by atomic mass is 10.1. The van der Waals surface area contributed by atoms with Crippen molar-refractivity contribution in [1.82, 2.24) is 15.5 Å². The molecule has 0 bridgehead atoms. The van der Waals surface area contributed by atoms with E-state index in [2.05, 4.69) is 20.4 Å². The smallest absolute Gasteiger partial charge is 0.255 e. The van der Waals surface area contributed by atoms with Gasteiger partial charge in [-0.05, 0) is 48.4 Å². The average Bonchev–Trinajstić information content (AvgIpc) is 3.48. The first-order valence-electron chi connectivity index (χ1n) is 10.1. The van der Waals surface area contributed by atoms with Gasteiger partial charge in [-0.2, -0.15) is 5.10 Å². The zero-order chi connectivity index (χ0) is 21.8. The van der Waals surface area contributed by atoms with Crippen LogP contribution in [0.2, 0.25) is 0 Å². The molecule has 8 heteroatoms. The Kier molecular flexibility index (Phi) is 5.97. The van der Waals surface area contributed by atoms with Crippen LogP contribution in [0, 0.1) is 0 Å². The number of anilines is 1. The lowest BCUT2D eigenvalue weighted by Crippen LogP contribution is -2.37. The highest BCUT2D eigenvalue weighted by Gasteiger charge is 2.27. The van der Waals surface area contributed by atoms with Gasteiger partial charge in [0.1, 0.15) is 17.2 Å². The van der Waals surface area contributed by atoms with E-state index in [-0.39, 0.29) is 11.9 Å². The quantitative estimate of drug-likeness (QED) is 0.608. The molecule has 0 unspecified atom stereocenters. The third-order valence-corrected chi connectivity index (χ3v) is 5.47. The maximum Gasteiger partial charge on any atom is 0.255 e. The Hall–Kier alpha value is -3.68. The number of ether oxygens (including phenoxy) is 3. The largest absolute Gasteiger partial charge is 0.497 e. The molecule has 0 saturated carbocycles. The topological polar surface area (TPSA) is 88.7 Å². The van der Waals surface area contributed by atoms with E-state index in [0.717, 1.165) is 35.8 Å². The summed E-state index contributed by atoms with van der Waals surface area (Å²) < 4.78 is 15.8. The molecule has 2 N–H and O–H groups in total. The van der Waals surface area contributed by atoms with Crippen LogP contribution in [0.4, 0.5) is 5.82 Å². The van der Waals surface area contributed by atoms with Crippen molar-refractivity contribution < 1.29 is 19.0 Å². The Morgan fingerprint density at radius 3 is 2.48 bits per heavy atom. The zero-order valence-corrected chi connectivity index (χ0v) is 17.8. The van der Waals surface area contributed by atoms with Gasteiger partial charge in [-0.1, -0.05) is 0 Å². The van der Waals surface area contributed by atoms with Gasteiger partial charge in [0.05, 0.1) is 32.6 Å². The maximum atomic E-state index is 12.8. The van der Waals surface area contributed by atoms with Crippen molar-refractivity contribution in [3.63, 3.8) is 0 Å². The molecule has 4 rings (SSSR count). The summed E-state index contributed by atoms with van der Waals surface area (Å²) >= 11 is 0. The minimum Gasteiger partial charge on any atom is -0.497 e. The number of benzene rings is 2. The lowest BCUT2D eigenvalue weighted by molar-refractivity contribution is 0.0937. The predicted octanol–water partition coefficient (Wildman–Crippen LogP) is 3.11. The highest BCUT2D eigenvalue weighted by Crippen LogP contribution is 2.27. The molecular weight excluding hydrogens is 396 g/mol. The monoisotopic (exact) mass is 422 g/mol. The number of hydrogen-bond donors (Lipinski definition) is 2. The molecule has 8 nitrogen and oxygen atoms in total. The standard InChI is InChI=1S/C23H26N4O4/c1-29-17-6-4-15(5-7-17)20-13-22(26-25-20)27-11-10-16(14-27)24-23(28)19-9-8-18(30-2)12-21(19)31-3/h4-9,12-13,16H,10-11,14H2,1-3H3,(H,24,28)(H,25,26)/t16-/m0/s1. The molecule has 162 valence electrons. The van der Waals surface area contributed by atoms with Gasteiger partial charge in [-0.25, -0.2) is 0 Å². The van der Waals surface area contributed by atoms with Crippen molar-refractivity contribution in [3.8, 4) is 28.5 Å². The molecule has 0 aliphatic carbocycles. The molecule has 0 radical (unpaired) electrons. The van der Waals surface area contributed by atoms with Crippen molar-refractivity contribution in [3.05, 3.63) is 54.1 Å². The number of aromatic nitrogens is 2. The normalized spacial score (nSPS) is 15.6. The Balaban J connectivity index is 1.40. The minimum absolute atomic E-state index is 0.0282. The molecule has 1 saturated heterocycles. The van der Waals surface area contributed by atoms with E-state index in [1.54, 1.807) is 39.5 Å². The number of hydrogen-bond acceptors (Lipinski definition) is 6. The second-order valence-corrected chi connectivity index (χ2v) is 7.34. The van der Waals surface area contributed by atoms with Crippen LogP contribution in [0.1, 0.15) is 16.8 Å². The third kappa shape index (κ3) is 4.42. The highest BCUT2D eigenvalue weighted by molar-refractivity contribution is 5.97. The zero-order valence-electron chi connectivity index (χ0n) is 17.8. The second kappa shape index (κ2) is 8.99. The fourth-order valence-corrected chi connectivity index (χ4v) is 3.73. The molecule has 1 amide bonds. The van der Waals surface area contributed by atoms with E-state index in [1.807, 2.05) is 30.3 Å². The van der Waals surface area contributed by atoms with Crippen LogP contribution >= 0.6 is 0 Å². The first-order valence-corrected chi connectivity index (χ1v) is 10.1. The summed E-state index contributed by atoms with van der Waals surface area (Å²) in [4.78, 5) is 14.9. The first kappa shape index (κ1) is 20.6. The number of aromatic amines is 1. The number of rotatable bonds is 7. The molecule has 1 aromatic heterocycles. The van der Waals surface area contributed by atoms with Gasteiger partial charge in [0.15, 0.2) is 5.82 Å². The summed E-state index contributed by atoms with van der Waals surface area (Å²) in [5.41, 5.74) is 2.46. The molecule has 1 fully saturated rings. The molecule has 1 aliphatic rings. The first-order chi connectivity index (χ1) is 15.1. The number of nitrogens with zero attached hydrogens (tertiary/aromatic N) is 2. The van der Waals surface area contributed by atoms with Crippen molar-refractivity contribution in [2.45, 2.75) is 12.5 Å². The number of amides is 1. The van der Waals surface area contributed by atoms with Crippen molar-refractivity contribution in [1.29, 1.82) is 0 Å². The Bertz CT molecular complexity index is 1050. The van der Waals surface area contributed by atoms with E-state index in [4.69, 9.17) is 14.2 Å². The molecule has 3 aromatic rings. The third-order valence-electron chi connectivity index (χ3n) is 5.47. The number of carbonyl (C=O) groups is 1. The van der Waals surface area contributed by atoms with E-state index >= 15 is 0 Å². The Labute approximate surface area is 181 Å². The van der Waals surface area contributed by atoms with E-state index in [1.165, 1.54) is 0 Å². The van der Waals surface area contributed by atoms with Crippen molar-refractivity contribution in [2.24, 2.45) is 0 Å². The SMILES string of the molecule is COc1ccc(-c2cc(N3CC[C@H](NC(=O)c4ccc(OC)cc4OC)C3)n[nH]2)cc1. The van der Waals surface area contributed by atoms with Crippen LogP contribution in [-0.4, -0.2) is 56.6 Å². The number of methoxy groups -OCH3 is 3. The Morgan fingerprint density at radius 1 is 1.03 bits per heavy atom. The van der Waals surface area contributed by atoms with Gasteiger partial charge in [0.25, 0.3) is 5.91 Å². The van der Waals surface area contributed by atoms with Gasteiger partial charge in [0, 0.05) is 31.3 Å². The van der Waals surface area contributed by atoms with Gasteiger partial charge in [-0.15, -0.1) is 0 Å². The Morgan fingerprint density at radius 2 is 1.77 bits per heavy atom. The summed E-state index contributed by atoms with van der Waals surface area (Å²) in [6.45, 7) is 1.51. The summed E-state index contributed by atoms with van der Waals surface area (Å²) in [7, 11) is 4.77. The second-order valence-electron chi connectivity index (χ2n) is 7.34. The number of nitrogens with one attached hydrogen (secondary N) is 2. The lowest BCUT2D eigenvalue weighted by Gasteiger charge is -2.17. The van der Waals surface area contributed by atoms with Gasteiger partial charge in [-0.3, -0.25) is 9.89 Å². The molecule has 2 heterocycles. The molecule has 31 heavy (non-hydrogen) atoms. The van der Waals surface area contributed by atoms with Crippen molar-refractivity contribution in [2.75, 3.05) is 39.3 Å². The van der Waals surface area contributed by atoms with Crippen LogP contribution in [0.5, 0.6) is 17.2 Å². The fourth-order valence-electron chi connectivity index (χ4n) is 3.73. The van der Waals surface area contributed by atoms with Crippen LogP contribution in [0.3, 0.4) is 0 Å². The molecule has 2 aromatic carbocycles. The molecule has 0 spiro atoms.